The first-order chi connectivity index (χ1) is 19.1. The Morgan fingerprint density at radius 3 is 2.70 bits per heavy atom. The molecule has 3 heterocycles. The summed E-state index contributed by atoms with van der Waals surface area (Å²) < 4.78 is 57.9. The van der Waals surface area contributed by atoms with E-state index in [4.69, 9.17) is 23.2 Å². The van der Waals surface area contributed by atoms with Gasteiger partial charge in [-0.2, -0.15) is 0 Å². The molecule has 0 bridgehead atoms. The second-order valence-electron chi connectivity index (χ2n) is 9.19. The molecular weight excluding hydrogens is 571 g/mol. The second-order valence-corrected chi connectivity index (χ2v) is 9.99. The Kier molecular flexibility index (Phi) is 8.02. The summed E-state index contributed by atoms with van der Waals surface area (Å²) in [7, 11) is 0. The lowest BCUT2D eigenvalue weighted by atomic mass is 10.0. The van der Waals surface area contributed by atoms with Gasteiger partial charge in [-0.3, -0.25) is 9.47 Å². The van der Waals surface area contributed by atoms with Gasteiger partial charge in [0.05, 0.1) is 10.5 Å². The van der Waals surface area contributed by atoms with E-state index in [1.807, 2.05) is 12.2 Å². The highest BCUT2D eigenvalue weighted by Crippen LogP contribution is 2.35. The van der Waals surface area contributed by atoms with Crippen molar-refractivity contribution in [1.82, 2.24) is 19.8 Å². The number of nitrogens with one attached hydrogen (secondary N) is 1. The SMILES string of the molecule is O=C(NCc1ccnc(Cl)c1)n1c2c(c3cc(OC(F)(F)F)ccc31)CN(C/C=C/c1ccc(F)c(Cl)c1)CC2. The number of carbonyl (C=O) groups is 1. The highest BCUT2D eigenvalue weighted by atomic mass is 35.5. The number of hydrogen-bond acceptors (Lipinski definition) is 4. The maximum absolute atomic E-state index is 13.4. The molecule has 4 aromatic rings. The molecule has 0 aliphatic carbocycles. The summed E-state index contributed by atoms with van der Waals surface area (Å²) >= 11 is 11.8. The fourth-order valence-electron chi connectivity index (χ4n) is 4.74. The molecule has 0 saturated heterocycles. The number of fused-ring (bicyclic) bond motifs is 3. The van der Waals surface area contributed by atoms with Crippen LogP contribution in [0.15, 0.2) is 60.8 Å². The third-order valence-electron chi connectivity index (χ3n) is 6.49. The van der Waals surface area contributed by atoms with E-state index in [2.05, 4.69) is 19.9 Å². The van der Waals surface area contributed by atoms with Gasteiger partial charge < -0.3 is 10.1 Å². The Morgan fingerprint density at radius 1 is 1.12 bits per heavy atom. The van der Waals surface area contributed by atoms with Gasteiger partial charge in [-0.1, -0.05) is 41.4 Å². The first-order valence-electron chi connectivity index (χ1n) is 12.2. The maximum atomic E-state index is 13.4. The van der Waals surface area contributed by atoms with Crippen molar-refractivity contribution >= 4 is 46.2 Å². The van der Waals surface area contributed by atoms with Gasteiger partial charge in [0.1, 0.15) is 16.7 Å². The van der Waals surface area contributed by atoms with E-state index in [1.165, 1.54) is 41.1 Å². The zero-order chi connectivity index (χ0) is 28.4. The van der Waals surface area contributed by atoms with Crippen molar-refractivity contribution < 1.29 is 27.1 Å². The molecule has 1 amide bonds. The van der Waals surface area contributed by atoms with Crippen LogP contribution in [-0.4, -0.2) is 39.9 Å². The Bertz CT molecular complexity index is 1600. The van der Waals surface area contributed by atoms with Gasteiger partial charge in [-0.15, -0.1) is 13.2 Å². The fraction of sp³-hybridized carbons (Fsp3) is 0.214. The predicted molar refractivity (Wildman–Crippen MR) is 145 cm³/mol. The van der Waals surface area contributed by atoms with Crippen LogP contribution in [0.4, 0.5) is 22.4 Å². The van der Waals surface area contributed by atoms with Crippen LogP contribution in [0.25, 0.3) is 17.0 Å². The molecule has 1 N–H and O–H groups in total. The van der Waals surface area contributed by atoms with Gasteiger partial charge in [-0.05, 0) is 59.2 Å². The summed E-state index contributed by atoms with van der Waals surface area (Å²) in [6, 6.07) is 11.3. The zero-order valence-electron chi connectivity index (χ0n) is 20.8. The van der Waals surface area contributed by atoms with E-state index in [1.54, 1.807) is 18.2 Å². The van der Waals surface area contributed by atoms with Crippen LogP contribution in [0.1, 0.15) is 22.4 Å². The number of aromatic nitrogens is 2. The molecule has 2 aromatic heterocycles. The van der Waals surface area contributed by atoms with E-state index in [0.717, 1.165) is 22.4 Å². The average molecular weight is 593 g/mol. The standard InChI is InChI=1S/C28H22Cl2F4N4O2/c29-22-12-17(3-5-23(22)31)2-1-10-37-11-8-25-21(16-37)20-14-19(40-28(32,33)34)4-6-24(20)38(25)27(39)36-15-18-7-9-35-26(30)13-18/h1-7,9,12-14H,8,10-11,15-16H2,(H,36,39)/b2-1+. The van der Waals surface area contributed by atoms with Crippen molar-refractivity contribution in [1.29, 1.82) is 0 Å². The molecule has 1 aliphatic heterocycles. The average Bonchev–Trinajstić information content (AvgIpc) is 3.21. The van der Waals surface area contributed by atoms with Gasteiger partial charge in [-0.25, -0.2) is 14.2 Å². The summed E-state index contributed by atoms with van der Waals surface area (Å²) in [5, 5.41) is 3.68. The molecule has 0 saturated carbocycles. The topological polar surface area (TPSA) is 59.4 Å². The Labute approximate surface area is 236 Å². The van der Waals surface area contributed by atoms with Crippen molar-refractivity contribution in [3.05, 3.63) is 99.2 Å². The molecule has 0 radical (unpaired) electrons. The molecule has 0 spiro atoms. The quantitative estimate of drug-likeness (QED) is 0.190. The van der Waals surface area contributed by atoms with Gasteiger partial charge in [0, 0.05) is 49.9 Å². The Hall–Kier alpha value is -3.60. The van der Waals surface area contributed by atoms with Crippen LogP contribution in [0.5, 0.6) is 5.75 Å². The van der Waals surface area contributed by atoms with Crippen LogP contribution in [0.2, 0.25) is 10.2 Å². The van der Waals surface area contributed by atoms with E-state index < -0.39 is 18.2 Å². The third kappa shape index (κ3) is 6.41. The highest BCUT2D eigenvalue weighted by Gasteiger charge is 2.32. The molecule has 6 nitrogen and oxygen atoms in total. The Morgan fingerprint density at radius 2 is 1.95 bits per heavy atom. The minimum atomic E-state index is -4.85. The first-order valence-corrected chi connectivity index (χ1v) is 13.0. The van der Waals surface area contributed by atoms with Crippen molar-refractivity contribution in [3.63, 3.8) is 0 Å². The van der Waals surface area contributed by atoms with Gasteiger partial charge in [0.15, 0.2) is 0 Å². The van der Waals surface area contributed by atoms with Crippen molar-refractivity contribution in [3.8, 4) is 5.75 Å². The Balaban J connectivity index is 1.42. The summed E-state index contributed by atoms with van der Waals surface area (Å²) in [4.78, 5) is 19.4. The molecule has 208 valence electrons. The number of rotatable bonds is 6. The minimum absolute atomic E-state index is 0.0276. The van der Waals surface area contributed by atoms with Crippen LogP contribution >= 0.6 is 23.2 Å². The van der Waals surface area contributed by atoms with Crippen molar-refractivity contribution in [2.24, 2.45) is 0 Å². The van der Waals surface area contributed by atoms with E-state index >= 15 is 0 Å². The zero-order valence-corrected chi connectivity index (χ0v) is 22.3. The largest absolute Gasteiger partial charge is 0.573 e. The van der Waals surface area contributed by atoms with E-state index in [9.17, 15) is 22.4 Å². The van der Waals surface area contributed by atoms with Crippen LogP contribution < -0.4 is 10.1 Å². The van der Waals surface area contributed by atoms with Crippen LogP contribution in [-0.2, 0) is 19.5 Å². The number of nitrogens with zero attached hydrogens (tertiary/aromatic N) is 3. The van der Waals surface area contributed by atoms with Crippen molar-refractivity contribution in [2.45, 2.75) is 25.9 Å². The molecule has 0 atom stereocenters. The molecule has 12 heteroatoms. The number of ether oxygens (including phenoxy) is 1. The fourth-order valence-corrected chi connectivity index (χ4v) is 5.13. The number of halogens is 6. The molecule has 0 unspecified atom stereocenters. The number of alkyl halides is 3. The first kappa shape index (κ1) is 27.9. The molecule has 1 aliphatic rings. The molecule has 40 heavy (non-hydrogen) atoms. The minimum Gasteiger partial charge on any atom is -0.406 e. The summed E-state index contributed by atoms with van der Waals surface area (Å²) in [6.07, 6.45) is 0.896. The smallest absolute Gasteiger partial charge is 0.406 e. The highest BCUT2D eigenvalue weighted by molar-refractivity contribution is 6.30. The summed E-state index contributed by atoms with van der Waals surface area (Å²) in [5.41, 5.74) is 3.43. The molecule has 0 fully saturated rings. The summed E-state index contributed by atoms with van der Waals surface area (Å²) in [6.45, 7) is 1.72. The van der Waals surface area contributed by atoms with Crippen LogP contribution in [0, 0.1) is 5.82 Å². The lowest BCUT2D eigenvalue weighted by Gasteiger charge is -2.27. The lowest BCUT2D eigenvalue weighted by molar-refractivity contribution is -0.274. The summed E-state index contributed by atoms with van der Waals surface area (Å²) in [5.74, 6) is -0.863. The van der Waals surface area contributed by atoms with Gasteiger partial charge >= 0.3 is 12.4 Å². The molecule has 5 rings (SSSR count). The van der Waals surface area contributed by atoms with Crippen LogP contribution in [0.3, 0.4) is 0 Å². The van der Waals surface area contributed by atoms with Gasteiger partial charge in [0.2, 0.25) is 0 Å². The normalized spacial score (nSPS) is 14.1. The number of pyridine rings is 1. The van der Waals surface area contributed by atoms with E-state index in [-0.39, 0.29) is 17.3 Å². The molecular formula is C28H22Cl2F4N4O2. The van der Waals surface area contributed by atoms with Gasteiger partial charge in [0.25, 0.3) is 0 Å². The molecule has 2 aromatic carbocycles. The second kappa shape index (κ2) is 11.5. The third-order valence-corrected chi connectivity index (χ3v) is 6.98. The predicted octanol–water partition coefficient (Wildman–Crippen LogP) is 7.21. The maximum Gasteiger partial charge on any atom is 0.573 e. The number of amides is 1. The van der Waals surface area contributed by atoms with Crippen molar-refractivity contribution in [2.75, 3.05) is 13.1 Å². The number of hydrogen-bond donors (Lipinski definition) is 1. The number of benzene rings is 2. The lowest BCUT2D eigenvalue weighted by Crippen LogP contribution is -2.34. The van der Waals surface area contributed by atoms with E-state index in [0.29, 0.717) is 42.1 Å². The number of carbonyl (C=O) groups excluding carboxylic acids is 1. The monoisotopic (exact) mass is 592 g/mol.